The van der Waals surface area contributed by atoms with Crippen molar-refractivity contribution in [2.75, 3.05) is 0 Å². The van der Waals surface area contributed by atoms with Crippen molar-refractivity contribution in [2.24, 2.45) is 0 Å². The molecule has 0 aliphatic heterocycles. The Kier molecular flexibility index (Phi) is 3.11. The highest BCUT2D eigenvalue weighted by Gasteiger charge is 2.08. The van der Waals surface area contributed by atoms with Crippen molar-refractivity contribution in [2.45, 2.75) is 26.7 Å². The van der Waals surface area contributed by atoms with E-state index in [2.05, 4.69) is 63.2 Å². The summed E-state index contributed by atoms with van der Waals surface area (Å²) in [5.41, 5.74) is 4.97. The molecule has 0 bridgehead atoms. The van der Waals surface area contributed by atoms with Crippen molar-refractivity contribution in [3.05, 3.63) is 53.6 Å². The van der Waals surface area contributed by atoms with Crippen molar-refractivity contribution in [1.82, 2.24) is 4.98 Å². The summed E-state index contributed by atoms with van der Waals surface area (Å²) in [5.74, 6) is 0.564. The molecule has 1 heterocycles. The average molecular weight is 267 g/mol. The van der Waals surface area contributed by atoms with E-state index >= 15 is 0 Å². The van der Waals surface area contributed by atoms with Gasteiger partial charge in [0.15, 0.2) is 0 Å². The lowest BCUT2D eigenvalue weighted by Gasteiger charge is -2.03. The van der Waals surface area contributed by atoms with Crippen molar-refractivity contribution >= 4 is 21.6 Å². The Hall–Kier alpha value is -1.67. The molecule has 0 radical (unpaired) electrons. The summed E-state index contributed by atoms with van der Waals surface area (Å²) in [6, 6.07) is 15.2. The molecule has 0 saturated carbocycles. The van der Waals surface area contributed by atoms with Gasteiger partial charge in [0.2, 0.25) is 0 Å². The van der Waals surface area contributed by atoms with Gasteiger partial charge in [0.1, 0.15) is 5.01 Å². The molecule has 2 heteroatoms. The molecule has 1 nitrogen and oxygen atoms in total. The van der Waals surface area contributed by atoms with Gasteiger partial charge in [-0.25, -0.2) is 4.98 Å². The standard InChI is InChI=1S/C17H17NS/c1-11(2)14-8-9-15-16(10-14)19-17(18-15)13-6-4-12(3)5-7-13/h4-11H,1-3H3. The zero-order valence-corrected chi connectivity index (χ0v) is 12.3. The van der Waals surface area contributed by atoms with Crippen LogP contribution in [0.2, 0.25) is 0 Å². The van der Waals surface area contributed by atoms with Crippen LogP contribution in [0, 0.1) is 6.92 Å². The van der Waals surface area contributed by atoms with E-state index in [1.165, 1.54) is 21.4 Å². The highest BCUT2D eigenvalue weighted by atomic mass is 32.1. The normalized spacial score (nSPS) is 11.4. The van der Waals surface area contributed by atoms with Gasteiger partial charge in [-0.2, -0.15) is 0 Å². The topological polar surface area (TPSA) is 12.9 Å². The van der Waals surface area contributed by atoms with Crippen LogP contribution in [0.5, 0.6) is 0 Å². The first-order valence-electron chi connectivity index (χ1n) is 6.61. The molecular weight excluding hydrogens is 250 g/mol. The highest BCUT2D eigenvalue weighted by molar-refractivity contribution is 7.21. The van der Waals surface area contributed by atoms with Gasteiger partial charge < -0.3 is 0 Å². The highest BCUT2D eigenvalue weighted by Crippen LogP contribution is 2.32. The van der Waals surface area contributed by atoms with Crippen LogP contribution in [0.25, 0.3) is 20.8 Å². The van der Waals surface area contributed by atoms with Gasteiger partial charge in [0.05, 0.1) is 10.2 Å². The van der Waals surface area contributed by atoms with E-state index in [4.69, 9.17) is 4.98 Å². The molecular formula is C17H17NS. The van der Waals surface area contributed by atoms with Crippen molar-refractivity contribution in [3.8, 4) is 10.6 Å². The molecule has 19 heavy (non-hydrogen) atoms. The van der Waals surface area contributed by atoms with Gasteiger partial charge in [0.25, 0.3) is 0 Å². The van der Waals surface area contributed by atoms with E-state index in [0.717, 1.165) is 10.5 Å². The molecule has 0 fully saturated rings. The van der Waals surface area contributed by atoms with Gasteiger partial charge in [0, 0.05) is 5.56 Å². The number of thiazole rings is 1. The van der Waals surface area contributed by atoms with Gasteiger partial charge in [-0.05, 0) is 30.5 Å². The van der Waals surface area contributed by atoms with Crippen molar-refractivity contribution in [3.63, 3.8) is 0 Å². The lowest BCUT2D eigenvalue weighted by molar-refractivity contribution is 0.869. The molecule has 96 valence electrons. The fourth-order valence-electron chi connectivity index (χ4n) is 2.12. The Balaban J connectivity index is 2.08. The minimum atomic E-state index is 0.564. The van der Waals surface area contributed by atoms with E-state index in [1.807, 2.05) is 0 Å². The third kappa shape index (κ3) is 2.41. The van der Waals surface area contributed by atoms with E-state index < -0.39 is 0 Å². The van der Waals surface area contributed by atoms with Gasteiger partial charge in [-0.1, -0.05) is 49.7 Å². The van der Waals surface area contributed by atoms with Crippen LogP contribution in [-0.4, -0.2) is 4.98 Å². The lowest BCUT2D eigenvalue weighted by Crippen LogP contribution is -1.85. The van der Waals surface area contributed by atoms with Gasteiger partial charge in [-0.3, -0.25) is 0 Å². The summed E-state index contributed by atoms with van der Waals surface area (Å²) in [6.45, 7) is 6.56. The summed E-state index contributed by atoms with van der Waals surface area (Å²) >= 11 is 1.78. The average Bonchev–Trinajstić information content (AvgIpc) is 2.82. The minimum Gasteiger partial charge on any atom is -0.236 e. The van der Waals surface area contributed by atoms with Gasteiger partial charge in [-0.15, -0.1) is 11.3 Å². The fraction of sp³-hybridized carbons (Fsp3) is 0.235. The molecule has 0 N–H and O–H groups in total. The first-order chi connectivity index (χ1) is 9.13. The van der Waals surface area contributed by atoms with Crippen LogP contribution in [0.4, 0.5) is 0 Å². The number of nitrogens with zero attached hydrogens (tertiary/aromatic N) is 1. The number of hydrogen-bond acceptors (Lipinski definition) is 2. The molecule has 0 aliphatic carbocycles. The maximum Gasteiger partial charge on any atom is 0.124 e. The molecule has 0 atom stereocenters. The van der Waals surface area contributed by atoms with Crippen LogP contribution in [0.15, 0.2) is 42.5 Å². The Morgan fingerprint density at radius 1 is 1.00 bits per heavy atom. The molecule has 0 saturated heterocycles. The summed E-state index contributed by atoms with van der Waals surface area (Å²) in [7, 11) is 0. The van der Waals surface area contributed by atoms with Crippen LogP contribution in [0.3, 0.4) is 0 Å². The smallest absolute Gasteiger partial charge is 0.124 e. The Morgan fingerprint density at radius 2 is 1.74 bits per heavy atom. The zero-order valence-electron chi connectivity index (χ0n) is 11.5. The summed E-state index contributed by atoms with van der Waals surface area (Å²) in [4.78, 5) is 4.73. The number of aryl methyl sites for hydroxylation is 1. The molecule has 0 amide bonds. The number of aromatic nitrogens is 1. The molecule has 1 aromatic heterocycles. The predicted octanol–water partition coefficient (Wildman–Crippen LogP) is 5.40. The molecule has 0 spiro atoms. The molecule has 2 aromatic carbocycles. The van der Waals surface area contributed by atoms with Crippen LogP contribution in [0.1, 0.15) is 30.9 Å². The SMILES string of the molecule is Cc1ccc(-c2nc3ccc(C(C)C)cc3s2)cc1. The predicted molar refractivity (Wildman–Crippen MR) is 83.9 cm³/mol. The minimum absolute atomic E-state index is 0.564. The molecule has 0 unspecified atom stereocenters. The lowest BCUT2D eigenvalue weighted by atomic mass is 10.0. The largest absolute Gasteiger partial charge is 0.236 e. The second-order valence-electron chi connectivity index (χ2n) is 5.27. The zero-order chi connectivity index (χ0) is 13.4. The number of hydrogen-bond donors (Lipinski definition) is 0. The first kappa shape index (κ1) is 12.4. The number of benzene rings is 2. The monoisotopic (exact) mass is 267 g/mol. The van der Waals surface area contributed by atoms with E-state index in [9.17, 15) is 0 Å². The van der Waals surface area contributed by atoms with E-state index in [-0.39, 0.29) is 0 Å². The Labute approximate surface area is 117 Å². The van der Waals surface area contributed by atoms with Gasteiger partial charge >= 0.3 is 0 Å². The second-order valence-corrected chi connectivity index (χ2v) is 6.30. The maximum atomic E-state index is 4.73. The third-order valence-electron chi connectivity index (χ3n) is 3.38. The molecule has 3 aromatic rings. The van der Waals surface area contributed by atoms with E-state index in [1.54, 1.807) is 11.3 Å². The first-order valence-corrected chi connectivity index (χ1v) is 7.42. The summed E-state index contributed by atoms with van der Waals surface area (Å²) < 4.78 is 1.28. The maximum absolute atomic E-state index is 4.73. The van der Waals surface area contributed by atoms with Crippen LogP contribution < -0.4 is 0 Å². The molecule has 0 aliphatic rings. The summed E-state index contributed by atoms with van der Waals surface area (Å²) in [6.07, 6.45) is 0. The number of fused-ring (bicyclic) bond motifs is 1. The Morgan fingerprint density at radius 3 is 2.42 bits per heavy atom. The second kappa shape index (κ2) is 4.78. The van der Waals surface area contributed by atoms with Crippen molar-refractivity contribution < 1.29 is 0 Å². The summed E-state index contributed by atoms with van der Waals surface area (Å²) in [5, 5.41) is 1.11. The van der Waals surface area contributed by atoms with Crippen molar-refractivity contribution in [1.29, 1.82) is 0 Å². The van der Waals surface area contributed by atoms with Crippen LogP contribution >= 0.6 is 11.3 Å². The quantitative estimate of drug-likeness (QED) is 0.606. The molecule has 3 rings (SSSR count). The van der Waals surface area contributed by atoms with E-state index in [0.29, 0.717) is 5.92 Å². The Bertz CT molecular complexity index is 708. The third-order valence-corrected chi connectivity index (χ3v) is 4.44. The van der Waals surface area contributed by atoms with Crippen LogP contribution in [-0.2, 0) is 0 Å². The fourth-order valence-corrected chi connectivity index (χ4v) is 3.14. The number of rotatable bonds is 2.